The fraction of sp³-hybridized carbons (Fsp3) is 0.400. The molecule has 2 heterocycles. The maximum atomic E-state index is 13.3. The maximum absolute atomic E-state index is 13.3. The zero-order valence-electron chi connectivity index (χ0n) is 19.6. The first-order valence-electron chi connectivity index (χ1n) is 11.9. The molecule has 4 rings (SSSR count). The molecule has 0 spiro atoms. The van der Waals surface area contributed by atoms with E-state index in [0.717, 1.165) is 24.4 Å². The van der Waals surface area contributed by atoms with Crippen molar-refractivity contribution in [3.8, 4) is 0 Å². The SMILES string of the molecule is CCc1nc2c(C(=O)NC(CC(=O)O)c3cccc([N+](=O)[O-])c3)cccn2c1NC1CCCCC1. The molecule has 1 aliphatic carbocycles. The van der Waals surface area contributed by atoms with Crippen LogP contribution in [0.25, 0.3) is 5.65 Å². The van der Waals surface area contributed by atoms with Crippen molar-refractivity contribution >= 4 is 29.0 Å². The summed E-state index contributed by atoms with van der Waals surface area (Å²) in [4.78, 5) is 40.2. The Bertz CT molecular complexity index is 1250. The van der Waals surface area contributed by atoms with Crippen molar-refractivity contribution in [2.45, 2.75) is 64.0 Å². The van der Waals surface area contributed by atoms with Crippen molar-refractivity contribution in [1.82, 2.24) is 14.7 Å². The van der Waals surface area contributed by atoms with Gasteiger partial charge in [0.1, 0.15) is 5.82 Å². The molecule has 3 aromatic rings. The van der Waals surface area contributed by atoms with Crippen LogP contribution < -0.4 is 10.6 Å². The number of amides is 1. The Labute approximate surface area is 202 Å². The molecule has 184 valence electrons. The first-order chi connectivity index (χ1) is 16.9. The van der Waals surface area contributed by atoms with Gasteiger partial charge in [0.2, 0.25) is 0 Å². The van der Waals surface area contributed by atoms with Gasteiger partial charge in [-0.2, -0.15) is 0 Å². The molecule has 2 aromatic heterocycles. The quantitative estimate of drug-likeness (QED) is 0.303. The number of aryl methyl sites for hydroxylation is 1. The van der Waals surface area contributed by atoms with Crippen LogP contribution in [0.5, 0.6) is 0 Å². The number of carboxylic acids is 1. The second-order valence-corrected chi connectivity index (χ2v) is 8.83. The molecule has 1 fully saturated rings. The third-order valence-corrected chi connectivity index (χ3v) is 6.42. The van der Waals surface area contributed by atoms with E-state index in [9.17, 15) is 24.8 Å². The number of imidazole rings is 1. The number of carboxylic acid groups (broad SMARTS) is 1. The molecule has 10 heteroatoms. The highest BCUT2D eigenvalue weighted by molar-refractivity contribution is 6.00. The number of carbonyl (C=O) groups excluding carboxylic acids is 1. The van der Waals surface area contributed by atoms with Crippen LogP contribution in [0, 0.1) is 10.1 Å². The number of aromatic nitrogens is 2. The largest absolute Gasteiger partial charge is 0.481 e. The van der Waals surface area contributed by atoms with Crippen LogP contribution in [0.15, 0.2) is 42.6 Å². The van der Waals surface area contributed by atoms with E-state index < -0.39 is 29.3 Å². The second-order valence-electron chi connectivity index (χ2n) is 8.83. The third kappa shape index (κ3) is 5.42. The van der Waals surface area contributed by atoms with Crippen molar-refractivity contribution < 1.29 is 19.6 Å². The Morgan fingerprint density at radius 2 is 2.00 bits per heavy atom. The fourth-order valence-corrected chi connectivity index (χ4v) is 4.65. The van der Waals surface area contributed by atoms with Crippen LogP contribution in [0.3, 0.4) is 0 Å². The van der Waals surface area contributed by atoms with Crippen LogP contribution in [-0.4, -0.2) is 37.3 Å². The summed E-state index contributed by atoms with van der Waals surface area (Å²) >= 11 is 0. The predicted molar refractivity (Wildman–Crippen MR) is 131 cm³/mol. The van der Waals surface area contributed by atoms with Gasteiger partial charge in [-0.1, -0.05) is 38.3 Å². The van der Waals surface area contributed by atoms with Gasteiger partial charge in [-0.15, -0.1) is 0 Å². The Hall–Kier alpha value is -3.95. The van der Waals surface area contributed by atoms with Crippen LogP contribution in [0.4, 0.5) is 11.5 Å². The number of rotatable bonds is 9. The average Bonchev–Trinajstić information content (AvgIpc) is 3.21. The molecule has 0 bridgehead atoms. The zero-order chi connectivity index (χ0) is 24.9. The summed E-state index contributed by atoms with van der Waals surface area (Å²) in [5.74, 6) is -0.747. The number of carbonyl (C=O) groups is 2. The first kappa shape index (κ1) is 24.2. The van der Waals surface area contributed by atoms with E-state index in [1.54, 1.807) is 18.2 Å². The molecule has 10 nitrogen and oxygen atoms in total. The number of hydrogen-bond donors (Lipinski definition) is 3. The number of nitrogens with zero attached hydrogens (tertiary/aromatic N) is 3. The van der Waals surface area contributed by atoms with Gasteiger partial charge in [0, 0.05) is 24.4 Å². The molecule has 1 atom stereocenters. The molecule has 1 saturated carbocycles. The van der Waals surface area contributed by atoms with Gasteiger partial charge in [-0.3, -0.25) is 24.1 Å². The average molecular weight is 480 g/mol. The highest BCUT2D eigenvalue weighted by Crippen LogP contribution is 2.27. The Balaban J connectivity index is 1.65. The summed E-state index contributed by atoms with van der Waals surface area (Å²) in [6.07, 6.45) is 7.94. The lowest BCUT2D eigenvalue weighted by atomic mass is 9.95. The molecular formula is C25H29N5O5. The lowest BCUT2D eigenvalue weighted by Crippen LogP contribution is -2.30. The predicted octanol–water partition coefficient (Wildman–Crippen LogP) is 4.50. The summed E-state index contributed by atoms with van der Waals surface area (Å²) < 4.78 is 1.88. The zero-order valence-corrected chi connectivity index (χ0v) is 19.6. The number of nitro benzene ring substituents is 1. The van der Waals surface area contributed by atoms with E-state index in [1.807, 2.05) is 17.5 Å². The van der Waals surface area contributed by atoms with Gasteiger partial charge in [0.15, 0.2) is 5.65 Å². The van der Waals surface area contributed by atoms with Gasteiger partial charge in [-0.05, 0) is 37.0 Å². The van der Waals surface area contributed by atoms with Crippen molar-refractivity contribution in [1.29, 1.82) is 0 Å². The Morgan fingerprint density at radius 3 is 2.69 bits per heavy atom. The van der Waals surface area contributed by atoms with E-state index in [0.29, 0.717) is 29.2 Å². The van der Waals surface area contributed by atoms with E-state index in [-0.39, 0.29) is 5.69 Å². The first-order valence-corrected chi connectivity index (χ1v) is 11.9. The molecule has 0 aliphatic heterocycles. The molecule has 1 aromatic carbocycles. The number of anilines is 1. The normalized spacial score (nSPS) is 15.0. The highest BCUT2D eigenvalue weighted by atomic mass is 16.6. The number of pyridine rings is 1. The number of benzene rings is 1. The molecule has 1 amide bonds. The minimum Gasteiger partial charge on any atom is -0.481 e. The van der Waals surface area contributed by atoms with Crippen LogP contribution in [-0.2, 0) is 11.2 Å². The summed E-state index contributed by atoms with van der Waals surface area (Å²) in [6.45, 7) is 2.01. The number of hydrogen-bond acceptors (Lipinski definition) is 6. The van der Waals surface area contributed by atoms with Crippen molar-refractivity contribution in [3.63, 3.8) is 0 Å². The Kier molecular flexibility index (Phi) is 7.28. The number of aliphatic carboxylic acids is 1. The molecular weight excluding hydrogens is 450 g/mol. The summed E-state index contributed by atoms with van der Waals surface area (Å²) in [5.41, 5.74) is 1.82. The minimum atomic E-state index is -1.13. The maximum Gasteiger partial charge on any atom is 0.305 e. The summed E-state index contributed by atoms with van der Waals surface area (Å²) in [6, 6.07) is 8.47. The number of nitro groups is 1. The smallest absolute Gasteiger partial charge is 0.305 e. The molecule has 35 heavy (non-hydrogen) atoms. The minimum absolute atomic E-state index is 0.173. The van der Waals surface area contributed by atoms with E-state index >= 15 is 0 Å². The molecule has 3 N–H and O–H groups in total. The highest BCUT2D eigenvalue weighted by Gasteiger charge is 2.24. The van der Waals surface area contributed by atoms with Gasteiger partial charge in [0.05, 0.1) is 28.6 Å². The van der Waals surface area contributed by atoms with Crippen LogP contribution in [0.2, 0.25) is 0 Å². The lowest BCUT2D eigenvalue weighted by molar-refractivity contribution is -0.384. The van der Waals surface area contributed by atoms with Crippen molar-refractivity contribution in [2.24, 2.45) is 0 Å². The summed E-state index contributed by atoms with van der Waals surface area (Å²) in [5, 5.41) is 27.0. The van der Waals surface area contributed by atoms with Crippen molar-refractivity contribution in [2.75, 3.05) is 5.32 Å². The Morgan fingerprint density at radius 1 is 1.23 bits per heavy atom. The monoisotopic (exact) mass is 479 g/mol. The molecule has 1 unspecified atom stereocenters. The van der Waals surface area contributed by atoms with Crippen LogP contribution in [0.1, 0.15) is 73.1 Å². The van der Waals surface area contributed by atoms with Gasteiger partial charge in [0.25, 0.3) is 11.6 Å². The molecule has 0 saturated heterocycles. The van der Waals surface area contributed by atoms with E-state index in [2.05, 4.69) is 10.6 Å². The van der Waals surface area contributed by atoms with Gasteiger partial charge < -0.3 is 15.7 Å². The molecule has 0 radical (unpaired) electrons. The van der Waals surface area contributed by atoms with Crippen molar-refractivity contribution in [3.05, 3.63) is 69.5 Å². The summed E-state index contributed by atoms with van der Waals surface area (Å²) in [7, 11) is 0. The second kappa shape index (κ2) is 10.5. The third-order valence-electron chi connectivity index (χ3n) is 6.42. The number of fused-ring (bicyclic) bond motifs is 1. The molecule has 1 aliphatic rings. The number of nitrogens with one attached hydrogen (secondary N) is 2. The van der Waals surface area contributed by atoms with Gasteiger partial charge in [-0.25, -0.2) is 4.98 Å². The lowest BCUT2D eigenvalue weighted by Gasteiger charge is -2.24. The topological polar surface area (TPSA) is 139 Å². The van der Waals surface area contributed by atoms with E-state index in [1.165, 1.54) is 37.5 Å². The fourth-order valence-electron chi connectivity index (χ4n) is 4.65. The van der Waals surface area contributed by atoms with E-state index in [4.69, 9.17) is 4.98 Å². The standard InChI is InChI=1S/C25H29N5O5/c1-2-20-24(26-17-9-4-3-5-10-17)29-13-7-12-19(23(29)27-20)25(33)28-21(15-22(31)32)16-8-6-11-18(14-16)30(34)35/h6-8,11-14,17,21,26H,2-5,9-10,15H2,1H3,(H,28,33)(H,31,32). The van der Waals surface area contributed by atoms with Gasteiger partial charge >= 0.3 is 5.97 Å². The number of non-ortho nitro benzene ring substituents is 1. The van der Waals surface area contributed by atoms with Crippen LogP contribution >= 0.6 is 0 Å².